The molecular formula is C11H23N3O. The summed E-state index contributed by atoms with van der Waals surface area (Å²) < 4.78 is 0. The highest BCUT2D eigenvalue weighted by molar-refractivity contribution is 5.81. The Labute approximate surface area is 92.6 Å². The van der Waals surface area contributed by atoms with E-state index in [0.29, 0.717) is 0 Å². The summed E-state index contributed by atoms with van der Waals surface area (Å²) in [7, 11) is 1.95. The summed E-state index contributed by atoms with van der Waals surface area (Å²) in [5, 5.41) is 3.13. The summed E-state index contributed by atoms with van der Waals surface area (Å²) in [5.74, 6) is 0.270. The molecule has 1 N–H and O–H groups in total. The van der Waals surface area contributed by atoms with E-state index in [1.54, 1.807) is 0 Å². The Morgan fingerprint density at radius 1 is 1.20 bits per heavy atom. The second-order valence-electron chi connectivity index (χ2n) is 5.17. The lowest BCUT2D eigenvalue weighted by atomic mass is 9.94. The van der Waals surface area contributed by atoms with Gasteiger partial charge in [0.15, 0.2) is 0 Å². The van der Waals surface area contributed by atoms with Gasteiger partial charge in [0.05, 0.1) is 0 Å². The highest BCUT2D eigenvalue weighted by Gasteiger charge is 2.29. The first kappa shape index (κ1) is 12.5. The summed E-state index contributed by atoms with van der Waals surface area (Å²) in [5.41, 5.74) is -0.245. The van der Waals surface area contributed by atoms with E-state index in [0.717, 1.165) is 32.8 Å². The molecule has 1 rings (SSSR count). The maximum Gasteiger partial charge on any atom is 0.228 e. The predicted octanol–water partition coefficient (Wildman–Crippen LogP) is 0.354. The molecule has 0 atom stereocenters. The van der Waals surface area contributed by atoms with Crippen molar-refractivity contribution in [1.29, 1.82) is 0 Å². The van der Waals surface area contributed by atoms with Crippen LogP contribution in [0, 0.1) is 5.41 Å². The summed E-state index contributed by atoms with van der Waals surface area (Å²) in [4.78, 5) is 16.3. The molecule has 0 bridgehead atoms. The van der Waals surface area contributed by atoms with Gasteiger partial charge in [-0.1, -0.05) is 20.8 Å². The van der Waals surface area contributed by atoms with E-state index in [1.165, 1.54) is 0 Å². The van der Waals surface area contributed by atoms with Crippen molar-refractivity contribution in [3.05, 3.63) is 0 Å². The Morgan fingerprint density at radius 3 is 2.13 bits per heavy atom. The fraction of sp³-hybridized carbons (Fsp3) is 0.909. The molecule has 4 nitrogen and oxygen atoms in total. The third kappa shape index (κ3) is 3.47. The van der Waals surface area contributed by atoms with Gasteiger partial charge in [-0.15, -0.1) is 0 Å². The zero-order valence-electron chi connectivity index (χ0n) is 10.3. The van der Waals surface area contributed by atoms with Crippen LogP contribution in [0.25, 0.3) is 0 Å². The molecule has 0 spiro atoms. The molecule has 1 fully saturated rings. The standard InChI is InChI=1S/C11H23N3O/c1-11(2,3)10(15)14-7-5-13(6-8-14)9-12-4/h12H,5-9H2,1-4H3. The van der Waals surface area contributed by atoms with Crippen molar-refractivity contribution in [1.82, 2.24) is 15.1 Å². The number of amides is 1. The zero-order valence-corrected chi connectivity index (χ0v) is 10.3. The second kappa shape index (κ2) is 4.94. The Kier molecular flexibility index (Phi) is 4.11. The molecule has 1 amide bonds. The Hall–Kier alpha value is -0.610. The molecule has 0 unspecified atom stereocenters. The Balaban J connectivity index is 2.41. The van der Waals surface area contributed by atoms with Crippen LogP contribution in [0.3, 0.4) is 0 Å². The molecule has 0 aliphatic carbocycles. The largest absolute Gasteiger partial charge is 0.340 e. The molecule has 4 heteroatoms. The van der Waals surface area contributed by atoms with Crippen molar-refractivity contribution in [2.24, 2.45) is 5.41 Å². The maximum atomic E-state index is 12.0. The van der Waals surface area contributed by atoms with E-state index < -0.39 is 0 Å². The van der Waals surface area contributed by atoms with Crippen LogP contribution in [-0.4, -0.2) is 55.6 Å². The minimum absolute atomic E-state index is 0.245. The smallest absolute Gasteiger partial charge is 0.228 e. The van der Waals surface area contributed by atoms with Gasteiger partial charge in [-0.3, -0.25) is 9.69 Å². The number of nitrogens with zero attached hydrogens (tertiary/aromatic N) is 2. The minimum atomic E-state index is -0.245. The number of carbonyl (C=O) groups excluding carboxylic acids is 1. The van der Waals surface area contributed by atoms with Gasteiger partial charge in [0.2, 0.25) is 5.91 Å². The number of nitrogens with one attached hydrogen (secondary N) is 1. The monoisotopic (exact) mass is 213 g/mol. The van der Waals surface area contributed by atoms with Crippen LogP contribution in [-0.2, 0) is 4.79 Å². The molecule has 0 saturated carbocycles. The van der Waals surface area contributed by atoms with Crippen molar-refractivity contribution in [3.63, 3.8) is 0 Å². The molecule has 1 heterocycles. The van der Waals surface area contributed by atoms with Gasteiger partial charge in [-0.2, -0.15) is 0 Å². The van der Waals surface area contributed by atoms with E-state index in [9.17, 15) is 4.79 Å². The van der Waals surface area contributed by atoms with Gasteiger partial charge < -0.3 is 10.2 Å². The molecular weight excluding hydrogens is 190 g/mol. The van der Waals surface area contributed by atoms with Crippen molar-refractivity contribution in [3.8, 4) is 0 Å². The van der Waals surface area contributed by atoms with E-state index in [1.807, 2.05) is 32.7 Å². The summed E-state index contributed by atoms with van der Waals surface area (Å²) in [6.07, 6.45) is 0. The molecule has 15 heavy (non-hydrogen) atoms. The number of carbonyl (C=O) groups is 1. The Morgan fingerprint density at radius 2 is 1.73 bits per heavy atom. The number of rotatable bonds is 2. The SMILES string of the molecule is CNCN1CCN(C(=O)C(C)(C)C)CC1. The molecule has 1 saturated heterocycles. The average Bonchev–Trinajstić information content (AvgIpc) is 2.17. The van der Waals surface area contributed by atoms with E-state index in [4.69, 9.17) is 0 Å². The van der Waals surface area contributed by atoms with Gasteiger partial charge in [-0.05, 0) is 7.05 Å². The molecule has 0 aromatic carbocycles. The third-order valence-corrected chi connectivity index (χ3v) is 2.68. The Bertz CT molecular complexity index is 214. The molecule has 1 aliphatic heterocycles. The van der Waals surface area contributed by atoms with Crippen LogP contribution in [0.2, 0.25) is 0 Å². The van der Waals surface area contributed by atoms with Gasteiger partial charge >= 0.3 is 0 Å². The van der Waals surface area contributed by atoms with Crippen molar-refractivity contribution < 1.29 is 4.79 Å². The third-order valence-electron chi connectivity index (χ3n) is 2.68. The van der Waals surface area contributed by atoms with E-state index >= 15 is 0 Å². The predicted molar refractivity (Wildman–Crippen MR) is 61.5 cm³/mol. The quantitative estimate of drug-likeness (QED) is 0.719. The lowest BCUT2D eigenvalue weighted by Crippen LogP contribution is -2.52. The van der Waals surface area contributed by atoms with Crippen LogP contribution in [0.1, 0.15) is 20.8 Å². The summed E-state index contributed by atoms with van der Waals surface area (Å²) in [6.45, 7) is 10.5. The van der Waals surface area contributed by atoms with Crippen LogP contribution >= 0.6 is 0 Å². The van der Waals surface area contributed by atoms with Crippen molar-refractivity contribution in [2.75, 3.05) is 39.9 Å². The van der Waals surface area contributed by atoms with Gasteiger partial charge in [0, 0.05) is 38.3 Å². The van der Waals surface area contributed by atoms with Crippen LogP contribution in [0.5, 0.6) is 0 Å². The first-order chi connectivity index (χ1) is 6.95. The van der Waals surface area contributed by atoms with Gasteiger partial charge in [0.1, 0.15) is 0 Å². The van der Waals surface area contributed by atoms with Crippen molar-refractivity contribution in [2.45, 2.75) is 20.8 Å². The zero-order chi connectivity index (χ0) is 11.5. The molecule has 0 aromatic heterocycles. The molecule has 0 aromatic rings. The fourth-order valence-electron chi connectivity index (χ4n) is 1.81. The van der Waals surface area contributed by atoms with E-state index in [2.05, 4.69) is 10.2 Å². The number of piperazine rings is 1. The van der Waals surface area contributed by atoms with Crippen LogP contribution in [0.15, 0.2) is 0 Å². The minimum Gasteiger partial charge on any atom is -0.340 e. The van der Waals surface area contributed by atoms with Gasteiger partial charge in [0.25, 0.3) is 0 Å². The number of hydrogen-bond donors (Lipinski definition) is 1. The van der Waals surface area contributed by atoms with Crippen molar-refractivity contribution >= 4 is 5.91 Å². The second-order valence-corrected chi connectivity index (χ2v) is 5.17. The lowest BCUT2D eigenvalue weighted by molar-refractivity contribution is -0.141. The lowest BCUT2D eigenvalue weighted by Gasteiger charge is -2.37. The normalized spacial score (nSPS) is 19.3. The van der Waals surface area contributed by atoms with Gasteiger partial charge in [-0.25, -0.2) is 0 Å². The highest BCUT2D eigenvalue weighted by Crippen LogP contribution is 2.18. The average molecular weight is 213 g/mol. The summed E-state index contributed by atoms with van der Waals surface area (Å²) >= 11 is 0. The summed E-state index contributed by atoms with van der Waals surface area (Å²) in [6, 6.07) is 0. The molecule has 0 radical (unpaired) electrons. The van der Waals surface area contributed by atoms with Crippen LogP contribution in [0.4, 0.5) is 0 Å². The maximum absolute atomic E-state index is 12.0. The fourth-order valence-corrected chi connectivity index (χ4v) is 1.81. The highest BCUT2D eigenvalue weighted by atomic mass is 16.2. The first-order valence-electron chi connectivity index (χ1n) is 5.61. The van der Waals surface area contributed by atoms with Crippen LogP contribution < -0.4 is 5.32 Å². The topological polar surface area (TPSA) is 35.6 Å². The molecule has 88 valence electrons. The number of hydrogen-bond acceptors (Lipinski definition) is 3. The van der Waals surface area contributed by atoms with E-state index in [-0.39, 0.29) is 11.3 Å². The molecule has 1 aliphatic rings. The first-order valence-corrected chi connectivity index (χ1v) is 5.61.